The molecule has 0 fully saturated rings. The van der Waals surface area contributed by atoms with Gasteiger partial charge in [0.15, 0.2) is 0 Å². The Labute approximate surface area is 130 Å². The molecule has 22 heavy (non-hydrogen) atoms. The van der Waals surface area contributed by atoms with Crippen molar-refractivity contribution in [2.75, 3.05) is 18.5 Å². The quantitative estimate of drug-likeness (QED) is 0.600. The number of benzene rings is 2. The first-order valence-corrected chi connectivity index (χ1v) is 7.06. The van der Waals surface area contributed by atoms with E-state index in [1.54, 1.807) is 0 Å². The summed E-state index contributed by atoms with van der Waals surface area (Å²) in [6.45, 7) is 4.89. The molecule has 0 saturated carbocycles. The summed E-state index contributed by atoms with van der Waals surface area (Å²) in [7, 11) is 0. The van der Waals surface area contributed by atoms with E-state index in [0.29, 0.717) is 19.8 Å². The fourth-order valence-corrected chi connectivity index (χ4v) is 1.86. The third-order valence-corrected chi connectivity index (χ3v) is 2.89. The van der Waals surface area contributed by atoms with Crippen molar-refractivity contribution in [1.82, 2.24) is 0 Å². The molecule has 114 valence electrons. The Bertz CT molecular complexity index is 611. The van der Waals surface area contributed by atoms with Gasteiger partial charge >= 0.3 is 0 Å². The van der Waals surface area contributed by atoms with Gasteiger partial charge in [0.2, 0.25) is 5.91 Å². The summed E-state index contributed by atoms with van der Waals surface area (Å²) in [6, 6.07) is 17.1. The second-order valence-corrected chi connectivity index (χ2v) is 4.61. The molecule has 0 aliphatic carbocycles. The van der Waals surface area contributed by atoms with Crippen LogP contribution in [0.1, 0.15) is 5.56 Å². The molecule has 0 atom stereocenters. The molecule has 2 rings (SSSR count). The summed E-state index contributed by atoms with van der Waals surface area (Å²) >= 11 is 0. The summed E-state index contributed by atoms with van der Waals surface area (Å²) in [5.41, 5.74) is 1.72. The van der Waals surface area contributed by atoms with Crippen LogP contribution in [0.15, 0.2) is 67.3 Å². The second-order valence-electron chi connectivity index (χ2n) is 4.61. The fraction of sp³-hybridized carbons (Fsp3) is 0.167. The fourth-order valence-electron chi connectivity index (χ4n) is 1.86. The number of carbonyl (C=O) groups excluding carboxylic acids is 1. The van der Waals surface area contributed by atoms with Crippen LogP contribution >= 0.6 is 0 Å². The monoisotopic (exact) mass is 297 g/mol. The van der Waals surface area contributed by atoms with Gasteiger partial charge in [0.1, 0.15) is 12.4 Å². The van der Waals surface area contributed by atoms with E-state index in [1.807, 2.05) is 54.6 Å². The van der Waals surface area contributed by atoms with Crippen molar-refractivity contribution >= 4 is 11.6 Å². The van der Waals surface area contributed by atoms with Gasteiger partial charge in [-0.15, -0.1) is 0 Å². The Kier molecular flexibility index (Phi) is 6.20. The van der Waals surface area contributed by atoms with Crippen LogP contribution in [0, 0.1) is 0 Å². The van der Waals surface area contributed by atoms with Gasteiger partial charge in [0.05, 0.1) is 13.2 Å². The summed E-state index contributed by atoms with van der Waals surface area (Å²) in [5.74, 6) is 0.606. The number of amides is 1. The Morgan fingerprint density at radius 3 is 2.68 bits per heavy atom. The lowest BCUT2D eigenvalue weighted by Gasteiger charge is -2.08. The van der Waals surface area contributed by atoms with Crippen molar-refractivity contribution in [2.24, 2.45) is 0 Å². The lowest BCUT2D eigenvalue weighted by Crippen LogP contribution is -2.08. The number of para-hydroxylation sites is 1. The predicted molar refractivity (Wildman–Crippen MR) is 86.9 cm³/mol. The molecule has 2 aromatic carbocycles. The van der Waals surface area contributed by atoms with E-state index in [9.17, 15) is 4.79 Å². The van der Waals surface area contributed by atoms with Crippen LogP contribution in [-0.4, -0.2) is 19.1 Å². The predicted octanol–water partition coefficient (Wildman–Crippen LogP) is 3.41. The number of ether oxygens (including phenoxy) is 2. The van der Waals surface area contributed by atoms with Crippen LogP contribution in [0.5, 0.6) is 5.75 Å². The number of carbonyl (C=O) groups is 1. The number of anilines is 1. The van der Waals surface area contributed by atoms with E-state index >= 15 is 0 Å². The van der Waals surface area contributed by atoms with E-state index < -0.39 is 0 Å². The Balaban J connectivity index is 1.71. The first kappa shape index (κ1) is 15.8. The molecule has 0 aromatic heterocycles. The molecule has 1 N–H and O–H groups in total. The Morgan fingerprint density at radius 1 is 1.09 bits per heavy atom. The molecule has 0 radical (unpaired) electrons. The van der Waals surface area contributed by atoms with E-state index in [2.05, 4.69) is 11.9 Å². The molecule has 2 aromatic rings. The number of hydrogen-bond donors (Lipinski definition) is 1. The van der Waals surface area contributed by atoms with E-state index in [0.717, 1.165) is 17.0 Å². The zero-order valence-corrected chi connectivity index (χ0v) is 12.3. The highest BCUT2D eigenvalue weighted by molar-refractivity contribution is 5.98. The van der Waals surface area contributed by atoms with Crippen LogP contribution in [0.25, 0.3) is 0 Å². The average molecular weight is 297 g/mol. The van der Waals surface area contributed by atoms with Gasteiger partial charge in [0.25, 0.3) is 0 Å². The van der Waals surface area contributed by atoms with Crippen LogP contribution in [0.3, 0.4) is 0 Å². The molecular formula is C18H19NO3. The topological polar surface area (TPSA) is 47.6 Å². The minimum atomic E-state index is -0.227. The maximum absolute atomic E-state index is 11.2. The molecule has 0 aliphatic rings. The lowest BCUT2D eigenvalue weighted by molar-refractivity contribution is -0.111. The normalized spacial score (nSPS) is 10.0. The molecular weight excluding hydrogens is 278 g/mol. The number of nitrogens with one attached hydrogen (secondary N) is 1. The van der Waals surface area contributed by atoms with Crippen molar-refractivity contribution in [3.63, 3.8) is 0 Å². The van der Waals surface area contributed by atoms with Gasteiger partial charge in [-0.2, -0.15) is 0 Å². The highest BCUT2D eigenvalue weighted by Crippen LogP contribution is 2.12. The van der Waals surface area contributed by atoms with E-state index in [4.69, 9.17) is 9.47 Å². The lowest BCUT2D eigenvalue weighted by atomic mass is 10.2. The van der Waals surface area contributed by atoms with Gasteiger partial charge in [-0.1, -0.05) is 36.9 Å². The Morgan fingerprint density at radius 2 is 1.91 bits per heavy atom. The first-order valence-electron chi connectivity index (χ1n) is 7.06. The number of rotatable bonds is 8. The highest BCUT2D eigenvalue weighted by Gasteiger charge is 1.99. The van der Waals surface area contributed by atoms with Gasteiger partial charge < -0.3 is 14.8 Å². The van der Waals surface area contributed by atoms with Gasteiger partial charge in [0, 0.05) is 5.69 Å². The smallest absolute Gasteiger partial charge is 0.247 e. The third-order valence-electron chi connectivity index (χ3n) is 2.89. The standard InChI is InChI=1S/C18H19NO3/c1-2-18(20)19-16-8-6-7-15(13-16)14-21-11-12-22-17-9-4-3-5-10-17/h2-10,13H,1,11-12,14H2,(H,19,20). The van der Waals surface area contributed by atoms with Crippen LogP contribution in [-0.2, 0) is 16.1 Å². The molecule has 4 nitrogen and oxygen atoms in total. The summed E-state index contributed by atoms with van der Waals surface area (Å²) in [5, 5.41) is 2.72. The maximum Gasteiger partial charge on any atom is 0.247 e. The first-order chi connectivity index (χ1) is 10.8. The highest BCUT2D eigenvalue weighted by atomic mass is 16.5. The minimum Gasteiger partial charge on any atom is -0.491 e. The molecule has 0 bridgehead atoms. The van der Waals surface area contributed by atoms with Crippen molar-refractivity contribution in [2.45, 2.75) is 6.61 Å². The molecule has 4 heteroatoms. The zero-order valence-electron chi connectivity index (χ0n) is 12.3. The number of hydrogen-bond acceptors (Lipinski definition) is 3. The van der Waals surface area contributed by atoms with Crippen molar-refractivity contribution in [3.05, 3.63) is 72.8 Å². The molecule has 0 heterocycles. The summed E-state index contributed by atoms with van der Waals surface area (Å²) < 4.78 is 11.1. The summed E-state index contributed by atoms with van der Waals surface area (Å²) in [6.07, 6.45) is 1.24. The molecule has 0 saturated heterocycles. The Hall–Kier alpha value is -2.59. The molecule has 0 unspecified atom stereocenters. The molecule has 0 aliphatic heterocycles. The van der Waals surface area contributed by atoms with Gasteiger partial charge in [-0.25, -0.2) is 0 Å². The van der Waals surface area contributed by atoms with Crippen molar-refractivity contribution < 1.29 is 14.3 Å². The maximum atomic E-state index is 11.2. The van der Waals surface area contributed by atoms with E-state index in [-0.39, 0.29) is 5.91 Å². The SMILES string of the molecule is C=CC(=O)Nc1cccc(COCCOc2ccccc2)c1. The summed E-state index contributed by atoms with van der Waals surface area (Å²) in [4.78, 5) is 11.2. The minimum absolute atomic E-state index is 0.227. The second kappa shape index (κ2) is 8.64. The average Bonchev–Trinajstić information content (AvgIpc) is 2.56. The van der Waals surface area contributed by atoms with Crippen LogP contribution in [0.2, 0.25) is 0 Å². The largest absolute Gasteiger partial charge is 0.491 e. The van der Waals surface area contributed by atoms with Gasteiger partial charge in [-0.3, -0.25) is 4.79 Å². The van der Waals surface area contributed by atoms with Gasteiger partial charge in [-0.05, 0) is 35.9 Å². The van der Waals surface area contributed by atoms with Crippen LogP contribution in [0.4, 0.5) is 5.69 Å². The zero-order chi connectivity index (χ0) is 15.6. The third kappa shape index (κ3) is 5.42. The van der Waals surface area contributed by atoms with E-state index in [1.165, 1.54) is 6.08 Å². The van der Waals surface area contributed by atoms with Crippen molar-refractivity contribution in [3.8, 4) is 5.75 Å². The molecule has 1 amide bonds. The molecule has 0 spiro atoms. The van der Waals surface area contributed by atoms with Crippen molar-refractivity contribution in [1.29, 1.82) is 0 Å². The van der Waals surface area contributed by atoms with Crippen LogP contribution < -0.4 is 10.1 Å².